The molecule has 2 aromatic heterocycles. The average Bonchev–Trinajstić information content (AvgIpc) is 3.13. The largest absolute Gasteiger partial charge is 0.330 e. The molecule has 1 amide bonds. The molecule has 0 unspecified atom stereocenters. The van der Waals surface area contributed by atoms with Crippen molar-refractivity contribution in [3.05, 3.63) is 41.7 Å². The first-order valence-electron chi connectivity index (χ1n) is 7.66. The number of carbonyl (C=O) groups is 1. The highest BCUT2D eigenvalue weighted by atomic mass is 16.2. The van der Waals surface area contributed by atoms with E-state index in [1.165, 1.54) is 0 Å². The molecule has 0 spiro atoms. The molecule has 0 radical (unpaired) electrons. The predicted octanol–water partition coefficient (Wildman–Crippen LogP) is 1.97. The van der Waals surface area contributed by atoms with Gasteiger partial charge in [0.15, 0.2) is 0 Å². The number of aromatic nitrogens is 4. The second kappa shape index (κ2) is 5.87. The Morgan fingerprint density at radius 2 is 2.14 bits per heavy atom. The van der Waals surface area contributed by atoms with E-state index >= 15 is 0 Å². The van der Waals surface area contributed by atoms with Crippen LogP contribution in [0.2, 0.25) is 0 Å². The van der Waals surface area contributed by atoms with Crippen LogP contribution >= 0.6 is 0 Å². The molecule has 0 bridgehead atoms. The fourth-order valence-electron chi connectivity index (χ4n) is 2.70. The van der Waals surface area contributed by atoms with Gasteiger partial charge in [0.1, 0.15) is 11.9 Å². The van der Waals surface area contributed by atoms with Crippen LogP contribution in [0.5, 0.6) is 0 Å². The van der Waals surface area contributed by atoms with Crippen LogP contribution in [0.25, 0.3) is 0 Å². The van der Waals surface area contributed by atoms with E-state index in [9.17, 15) is 4.79 Å². The summed E-state index contributed by atoms with van der Waals surface area (Å²) in [5.74, 6) is 1.45. The van der Waals surface area contributed by atoms with Crippen LogP contribution in [-0.4, -0.2) is 30.6 Å². The fourth-order valence-corrected chi connectivity index (χ4v) is 2.70. The molecule has 3 heterocycles. The van der Waals surface area contributed by atoms with Crippen molar-refractivity contribution in [2.45, 2.75) is 46.3 Å². The summed E-state index contributed by atoms with van der Waals surface area (Å²) in [7, 11) is 0. The van der Waals surface area contributed by atoms with Gasteiger partial charge in [-0.1, -0.05) is 13.8 Å². The molecule has 1 aliphatic heterocycles. The summed E-state index contributed by atoms with van der Waals surface area (Å²) in [6, 6.07) is 1.53. The van der Waals surface area contributed by atoms with Gasteiger partial charge in [0, 0.05) is 37.1 Å². The van der Waals surface area contributed by atoms with Crippen LogP contribution in [0, 0.1) is 5.92 Å². The number of amides is 1. The van der Waals surface area contributed by atoms with E-state index in [0.717, 1.165) is 23.5 Å². The minimum atomic E-state index is -0.299. The lowest BCUT2D eigenvalue weighted by Crippen LogP contribution is -2.32. The molecule has 0 saturated heterocycles. The van der Waals surface area contributed by atoms with Crippen molar-refractivity contribution < 1.29 is 4.79 Å². The van der Waals surface area contributed by atoms with E-state index in [4.69, 9.17) is 0 Å². The van der Waals surface area contributed by atoms with E-state index < -0.39 is 0 Å². The monoisotopic (exact) mass is 299 g/mol. The number of nitrogens with zero attached hydrogens (tertiary/aromatic N) is 5. The van der Waals surface area contributed by atoms with Crippen LogP contribution in [-0.2, 0) is 24.3 Å². The molecule has 6 nitrogen and oxygen atoms in total. The smallest absolute Gasteiger partial charge is 0.247 e. The van der Waals surface area contributed by atoms with Gasteiger partial charge >= 0.3 is 0 Å². The Morgan fingerprint density at radius 1 is 1.32 bits per heavy atom. The topological polar surface area (TPSA) is 63.9 Å². The standard InChI is InChI=1S/C16H21N5O/c1-11(2)7-15-17-8-13-9-20(10-14(13)19-15)16(22)12(3)21-6-4-5-18-21/h4-6,8,11-12H,7,9-10H2,1-3H3/t12-/m0/s1. The zero-order valence-electron chi connectivity index (χ0n) is 13.2. The van der Waals surface area contributed by atoms with E-state index in [-0.39, 0.29) is 11.9 Å². The van der Waals surface area contributed by atoms with E-state index in [0.29, 0.717) is 19.0 Å². The maximum absolute atomic E-state index is 12.6. The lowest BCUT2D eigenvalue weighted by molar-refractivity contribution is -0.135. The molecule has 0 aliphatic carbocycles. The summed E-state index contributed by atoms with van der Waals surface area (Å²) in [6.07, 6.45) is 6.23. The van der Waals surface area contributed by atoms with Gasteiger partial charge in [0.2, 0.25) is 5.91 Å². The number of hydrogen-bond donors (Lipinski definition) is 0. The van der Waals surface area contributed by atoms with Crippen molar-refractivity contribution in [1.82, 2.24) is 24.6 Å². The molecule has 0 aromatic carbocycles. The second-order valence-corrected chi connectivity index (χ2v) is 6.21. The molecule has 1 aliphatic rings. The lowest BCUT2D eigenvalue weighted by atomic mass is 10.1. The molecular formula is C16H21N5O. The molecule has 3 rings (SSSR count). The van der Waals surface area contributed by atoms with Gasteiger partial charge in [-0.15, -0.1) is 0 Å². The number of fused-ring (bicyclic) bond motifs is 1. The van der Waals surface area contributed by atoms with Gasteiger partial charge in [0.25, 0.3) is 0 Å². The molecular weight excluding hydrogens is 278 g/mol. The third kappa shape index (κ3) is 2.86. The van der Waals surface area contributed by atoms with Crippen molar-refractivity contribution in [2.24, 2.45) is 5.92 Å². The molecule has 2 aromatic rings. The summed E-state index contributed by atoms with van der Waals surface area (Å²) < 4.78 is 1.68. The first-order valence-corrected chi connectivity index (χ1v) is 7.66. The first kappa shape index (κ1) is 14.7. The van der Waals surface area contributed by atoms with E-state index in [1.807, 2.05) is 30.3 Å². The van der Waals surface area contributed by atoms with Crippen molar-refractivity contribution in [3.63, 3.8) is 0 Å². The normalized spacial score (nSPS) is 15.2. The van der Waals surface area contributed by atoms with E-state index in [2.05, 4.69) is 28.9 Å². The molecule has 22 heavy (non-hydrogen) atoms. The maximum Gasteiger partial charge on any atom is 0.247 e. The minimum absolute atomic E-state index is 0.0621. The SMILES string of the molecule is CC(C)Cc1ncc2c(n1)CN(C(=O)[C@H](C)n1cccn1)C2. The summed E-state index contributed by atoms with van der Waals surface area (Å²) in [4.78, 5) is 23.4. The molecule has 0 N–H and O–H groups in total. The lowest BCUT2D eigenvalue weighted by Gasteiger charge is -2.20. The highest BCUT2D eigenvalue weighted by Gasteiger charge is 2.29. The molecule has 1 atom stereocenters. The summed E-state index contributed by atoms with van der Waals surface area (Å²) in [6.45, 7) is 7.32. The van der Waals surface area contributed by atoms with Gasteiger partial charge in [-0.3, -0.25) is 9.48 Å². The summed E-state index contributed by atoms with van der Waals surface area (Å²) in [5.41, 5.74) is 2.03. The Hall–Kier alpha value is -2.24. The highest BCUT2D eigenvalue weighted by Crippen LogP contribution is 2.23. The fraction of sp³-hybridized carbons (Fsp3) is 0.500. The Bertz CT molecular complexity index is 665. The molecule has 0 saturated carbocycles. The van der Waals surface area contributed by atoms with Crippen LogP contribution in [0.15, 0.2) is 24.7 Å². The van der Waals surface area contributed by atoms with Gasteiger partial charge < -0.3 is 4.90 Å². The van der Waals surface area contributed by atoms with Crippen LogP contribution < -0.4 is 0 Å². The third-order valence-corrected chi connectivity index (χ3v) is 3.89. The summed E-state index contributed by atoms with van der Waals surface area (Å²) >= 11 is 0. The molecule has 0 fully saturated rings. The summed E-state index contributed by atoms with van der Waals surface area (Å²) in [5, 5.41) is 4.15. The van der Waals surface area contributed by atoms with Crippen molar-refractivity contribution in [3.8, 4) is 0 Å². The minimum Gasteiger partial charge on any atom is -0.330 e. The second-order valence-electron chi connectivity index (χ2n) is 6.21. The highest BCUT2D eigenvalue weighted by molar-refractivity contribution is 5.80. The van der Waals surface area contributed by atoms with Crippen molar-refractivity contribution >= 4 is 5.91 Å². The van der Waals surface area contributed by atoms with Gasteiger partial charge in [-0.2, -0.15) is 5.10 Å². The zero-order valence-corrected chi connectivity index (χ0v) is 13.2. The molecule has 6 heteroatoms. The van der Waals surface area contributed by atoms with Crippen LogP contribution in [0.1, 0.15) is 43.9 Å². The number of hydrogen-bond acceptors (Lipinski definition) is 4. The first-order chi connectivity index (χ1) is 10.5. The van der Waals surface area contributed by atoms with Gasteiger partial charge in [-0.25, -0.2) is 9.97 Å². The van der Waals surface area contributed by atoms with Crippen LogP contribution in [0.3, 0.4) is 0 Å². The predicted molar refractivity (Wildman–Crippen MR) is 81.8 cm³/mol. The number of carbonyl (C=O) groups excluding carboxylic acids is 1. The van der Waals surface area contributed by atoms with E-state index in [1.54, 1.807) is 10.9 Å². The van der Waals surface area contributed by atoms with Crippen LogP contribution in [0.4, 0.5) is 0 Å². The number of rotatable bonds is 4. The molecule has 116 valence electrons. The Balaban J connectivity index is 1.72. The van der Waals surface area contributed by atoms with Crippen molar-refractivity contribution in [1.29, 1.82) is 0 Å². The maximum atomic E-state index is 12.6. The Labute approximate surface area is 130 Å². The van der Waals surface area contributed by atoms with Gasteiger partial charge in [0.05, 0.1) is 12.2 Å². The third-order valence-electron chi connectivity index (χ3n) is 3.89. The van der Waals surface area contributed by atoms with Crippen molar-refractivity contribution in [2.75, 3.05) is 0 Å². The Kier molecular flexibility index (Phi) is 3.92. The average molecular weight is 299 g/mol. The Morgan fingerprint density at radius 3 is 2.82 bits per heavy atom. The quantitative estimate of drug-likeness (QED) is 0.866. The van der Waals surface area contributed by atoms with Gasteiger partial charge in [-0.05, 0) is 18.9 Å². The zero-order chi connectivity index (χ0) is 15.7.